The molecule has 0 spiro atoms. The van der Waals surface area contributed by atoms with Crippen molar-refractivity contribution in [2.75, 3.05) is 4.72 Å². The Balaban J connectivity index is 1.40. The maximum Gasteiger partial charge on any atom is 0.333 e. The highest BCUT2D eigenvalue weighted by atomic mass is 32.2. The number of unbranched alkanes of at least 4 members (excludes halogenated alkanes) is 1. The number of benzene rings is 3. The lowest BCUT2D eigenvalue weighted by Crippen LogP contribution is -2.40. The van der Waals surface area contributed by atoms with E-state index in [9.17, 15) is 22.4 Å². The van der Waals surface area contributed by atoms with Crippen LogP contribution >= 0.6 is 0 Å². The maximum atomic E-state index is 14.4. The number of sulfonamides is 1. The highest BCUT2D eigenvalue weighted by Gasteiger charge is 2.19. The van der Waals surface area contributed by atoms with Gasteiger partial charge in [0.1, 0.15) is 17.2 Å². The number of hydrogen-bond donors (Lipinski definition) is 2. The van der Waals surface area contributed by atoms with Crippen molar-refractivity contribution in [1.29, 1.82) is 0 Å². The van der Waals surface area contributed by atoms with Gasteiger partial charge in [0.2, 0.25) is 0 Å². The van der Waals surface area contributed by atoms with E-state index in [1.54, 1.807) is 54.6 Å². The number of nitrogens with zero attached hydrogens (tertiary/aromatic N) is 3. The van der Waals surface area contributed by atoms with E-state index in [2.05, 4.69) is 14.7 Å². The van der Waals surface area contributed by atoms with E-state index in [-0.39, 0.29) is 28.2 Å². The molecule has 0 atom stereocenters. The highest BCUT2D eigenvalue weighted by Crippen LogP contribution is 2.21. The zero-order valence-electron chi connectivity index (χ0n) is 24.3. The molecule has 43 heavy (non-hydrogen) atoms. The predicted octanol–water partition coefficient (Wildman–Crippen LogP) is 5.39. The lowest BCUT2D eigenvalue weighted by molar-refractivity contribution is 0.553. The zero-order chi connectivity index (χ0) is 30.7. The topological polar surface area (TPSA) is 119 Å². The summed E-state index contributed by atoms with van der Waals surface area (Å²) in [5.41, 5.74) is 1.85. The van der Waals surface area contributed by atoms with Crippen molar-refractivity contribution >= 4 is 26.9 Å². The second-order valence-electron chi connectivity index (χ2n) is 10.9. The molecule has 0 aliphatic heterocycles. The van der Waals surface area contributed by atoms with Crippen LogP contribution in [0.5, 0.6) is 0 Å². The molecule has 0 aliphatic carbocycles. The number of hydrogen-bond acceptors (Lipinski definition) is 5. The molecule has 0 bridgehead atoms. The van der Waals surface area contributed by atoms with Crippen LogP contribution in [-0.4, -0.2) is 27.5 Å². The Hall–Kier alpha value is -4.51. The van der Waals surface area contributed by atoms with E-state index in [1.807, 2.05) is 32.9 Å². The number of aryl methyl sites for hydroxylation is 1. The molecular formula is C32H34FN5O4S. The lowest BCUT2D eigenvalue weighted by atomic mass is 10.0. The van der Waals surface area contributed by atoms with Gasteiger partial charge >= 0.3 is 5.69 Å². The third-order valence-electron chi connectivity index (χ3n) is 7.37. The van der Waals surface area contributed by atoms with Crippen LogP contribution in [0.4, 0.5) is 10.1 Å². The van der Waals surface area contributed by atoms with Crippen molar-refractivity contribution in [3.63, 3.8) is 0 Å². The Morgan fingerprint density at radius 2 is 1.65 bits per heavy atom. The SMILES string of the molecule is CCCCn1c(=O)n(Cc2ccccc2F)c(=O)c2[nH]c(Cc3ccc(NS(=O)(=O)c4ccc(C(C)C)cc4)cc3)nc21. The molecule has 0 unspecified atom stereocenters. The van der Waals surface area contributed by atoms with Crippen LogP contribution in [0.2, 0.25) is 0 Å². The second-order valence-corrected chi connectivity index (χ2v) is 12.5. The Bertz CT molecular complexity index is 1980. The predicted molar refractivity (Wildman–Crippen MR) is 166 cm³/mol. The second kappa shape index (κ2) is 12.4. The number of rotatable bonds is 11. The summed E-state index contributed by atoms with van der Waals surface area (Å²) < 4.78 is 45.2. The van der Waals surface area contributed by atoms with Gasteiger partial charge in [-0.2, -0.15) is 0 Å². The van der Waals surface area contributed by atoms with Crippen molar-refractivity contribution in [3.05, 3.63) is 122 Å². The van der Waals surface area contributed by atoms with Crippen LogP contribution in [-0.2, 0) is 29.5 Å². The summed E-state index contributed by atoms with van der Waals surface area (Å²) in [7, 11) is -3.76. The molecule has 0 saturated heterocycles. The summed E-state index contributed by atoms with van der Waals surface area (Å²) in [5, 5.41) is 0. The van der Waals surface area contributed by atoms with Gasteiger partial charge in [-0.15, -0.1) is 0 Å². The maximum absolute atomic E-state index is 14.4. The van der Waals surface area contributed by atoms with E-state index < -0.39 is 27.1 Å². The first-order valence-corrected chi connectivity index (χ1v) is 15.7. The van der Waals surface area contributed by atoms with Crippen molar-refractivity contribution in [2.24, 2.45) is 0 Å². The Kier molecular flexibility index (Phi) is 8.63. The summed E-state index contributed by atoms with van der Waals surface area (Å²) in [5.74, 6) is 0.279. The molecule has 11 heteroatoms. The van der Waals surface area contributed by atoms with E-state index in [1.165, 1.54) is 10.6 Å². The van der Waals surface area contributed by atoms with Crippen molar-refractivity contribution in [2.45, 2.75) is 63.9 Å². The average Bonchev–Trinajstić information content (AvgIpc) is 3.41. The van der Waals surface area contributed by atoms with Gasteiger partial charge in [0, 0.05) is 24.2 Å². The minimum Gasteiger partial charge on any atom is -0.336 e. The van der Waals surface area contributed by atoms with Crippen molar-refractivity contribution in [3.8, 4) is 0 Å². The number of imidazole rings is 1. The quantitative estimate of drug-likeness (QED) is 0.210. The number of nitrogens with one attached hydrogen (secondary N) is 2. The first-order chi connectivity index (χ1) is 20.6. The average molecular weight is 604 g/mol. The van der Waals surface area contributed by atoms with E-state index in [0.717, 1.165) is 22.1 Å². The molecule has 9 nitrogen and oxygen atoms in total. The number of halogens is 1. The number of H-pyrrole nitrogens is 1. The molecule has 0 saturated carbocycles. The number of fused-ring (bicyclic) bond motifs is 1. The summed E-state index contributed by atoms with van der Waals surface area (Å²) in [6.07, 6.45) is 1.85. The third-order valence-corrected chi connectivity index (χ3v) is 8.76. The van der Waals surface area contributed by atoms with Crippen LogP contribution in [0, 0.1) is 5.82 Å². The molecule has 2 N–H and O–H groups in total. The first-order valence-electron chi connectivity index (χ1n) is 14.2. The standard InChI is InChI=1S/C32H34FN5O4S/c1-4-5-18-37-30-29(31(39)38(32(37)40)20-24-8-6-7-9-27(24)33)34-28(35-30)19-22-10-14-25(15-11-22)36-43(41,42)26-16-12-23(13-17-26)21(2)3/h6-17,21,36H,4-5,18-20H2,1-3H3,(H,34,35). The largest absolute Gasteiger partial charge is 0.336 e. The molecule has 5 aromatic rings. The van der Waals surface area contributed by atoms with Gasteiger partial charge in [0.15, 0.2) is 5.65 Å². The Morgan fingerprint density at radius 1 is 0.953 bits per heavy atom. The summed E-state index contributed by atoms with van der Waals surface area (Å²) >= 11 is 0. The Labute approximate surface area is 249 Å². The van der Waals surface area contributed by atoms with Gasteiger partial charge in [0.25, 0.3) is 15.6 Å². The normalized spacial score (nSPS) is 11.8. The van der Waals surface area contributed by atoms with Gasteiger partial charge < -0.3 is 4.98 Å². The molecule has 0 amide bonds. The molecule has 0 aliphatic rings. The van der Waals surface area contributed by atoms with Gasteiger partial charge in [-0.25, -0.2) is 22.6 Å². The minimum absolute atomic E-state index is 0.176. The molecule has 3 aromatic carbocycles. The van der Waals surface area contributed by atoms with Crippen LogP contribution in [0.15, 0.2) is 87.3 Å². The summed E-state index contributed by atoms with van der Waals surface area (Å²) in [6, 6.07) is 19.7. The summed E-state index contributed by atoms with van der Waals surface area (Å²) in [6.45, 7) is 6.26. The minimum atomic E-state index is -3.76. The first kappa shape index (κ1) is 30.0. The zero-order valence-corrected chi connectivity index (χ0v) is 25.1. The lowest BCUT2D eigenvalue weighted by Gasteiger charge is -2.11. The van der Waals surface area contributed by atoms with Crippen molar-refractivity contribution in [1.82, 2.24) is 19.1 Å². The molecule has 2 heterocycles. The smallest absolute Gasteiger partial charge is 0.333 e. The Morgan fingerprint density at radius 3 is 2.30 bits per heavy atom. The molecule has 2 aromatic heterocycles. The molecule has 0 fully saturated rings. The molecule has 224 valence electrons. The molecular weight excluding hydrogens is 569 g/mol. The van der Waals surface area contributed by atoms with Gasteiger partial charge in [-0.3, -0.25) is 18.7 Å². The van der Waals surface area contributed by atoms with E-state index >= 15 is 0 Å². The van der Waals surface area contributed by atoms with Crippen LogP contribution in [0.1, 0.15) is 62.0 Å². The molecule has 0 radical (unpaired) electrons. The number of aromatic nitrogens is 4. The monoisotopic (exact) mass is 603 g/mol. The number of aromatic amines is 1. The van der Waals surface area contributed by atoms with Crippen molar-refractivity contribution < 1.29 is 12.8 Å². The summed E-state index contributed by atoms with van der Waals surface area (Å²) in [4.78, 5) is 34.6. The van der Waals surface area contributed by atoms with Gasteiger partial charge in [-0.1, -0.05) is 69.7 Å². The molecule has 5 rings (SSSR count). The highest BCUT2D eigenvalue weighted by molar-refractivity contribution is 7.92. The van der Waals surface area contributed by atoms with Crippen LogP contribution < -0.4 is 16.0 Å². The number of anilines is 1. The van der Waals surface area contributed by atoms with Crippen LogP contribution in [0.25, 0.3) is 11.2 Å². The van der Waals surface area contributed by atoms with Gasteiger partial charge in [0.05, 0.1) is 11.4 Å². The van der Waals surface area contributed by atoms with E-state index in [0.29, 0.717) is 36.8 Å². The third kappa shape index (κ3) is 6.46. The fraction of sp³-hybridized carbons (Fsp3) is 0.281. The fourth-order valence-electron chi connectivity index (χ4n) is 4.88. The van der Waals surface area contributed by atoms with E-state index in [4.69, 9.17) is 0 Å². The fourth-order valence-corrected chi connectivity index (χ4v) is 5.94. The van der Waals surface area contributed by atoms with Crippen LogP contribution in [0.3, 0.4) is 0 Å². The van der Waals surface area contributed by atoms with Gasteiger partial charge in [-0.05, 0) is 53.8 Å².